The third kappa shape index (κ3) is 5.60. The summed E-state index contributed by atoms with van der Waals surface area (Å²) in [7, 11) is 0. The molecule has 0 unspecified atom stereocenters. The zero-order valence-electron chi connectivity index (χ0n) is 13.9. The molecule has 2 aromatic carbocycles. The second kappa shape index (κ2) is 8.86. The van der Waals surface area contributed by atoms with Crippen molar-refractivity contribution in [1.82, 2.24) is 10.2 Å². The van der Waals surface area contributed by atoms with Crippen LogP contribution in [-0.4, -0.2) is 21.9 Å². The van der Waals surface area contributed by atoms with Gasteiger partial charge >= 0.3 is 0 Å². The Morgan fingerprint density at radius 2 is 2.04 bits per heavy atom. The molecule has 0 aliphatic heterocycles. The molecule has 0 atom stereocenters. The van der Waals surface area contributed by atoms with Gasteiger partial charge in [0.15, 0.2) is 6.61 Å². The van der Waals surface area contributed by atoms with Crippen molar-refractivity contribution in [3.8, 4) is 5.75 Å². The van der Waals surface area contributed by atoms with Crippen LogP contribution in [0.3, 0.4) is 0 Å². The van der Waals surface area contributed by atoms with Crippen LogP contribution in [0.2, 0.25) is 0 Å². The zero-order valence-corrected chi connectivity index (χ0v) is 16.3. The molecule has 3 rings (SSSR count). The van der Waals surface area contributed by atoms with E-state index >= 15 is 0 Å². The number of rotatable bonds is 7. The molecule has 0 saturated heterocycles. The first kappa shape index (κ1) is 18.5. The number of carbonyl (C=O) groups excluding carboxylic acids is 1. The van der Waals surface area contributed by atoms with Gasteiger partial charge in [0, 0.05) is 10.2 Å². The van der Waals surface area contributed by atoms with E-state index in [9.17, 15) is 4.79 Å². The predicted octanol–water partition coefficient (Wildman–Crippen LogP) is 4.45. The fourth-order valence-electron chi connectivity index (χ4n) is 2.06. The van der Waals surface area contributed by atoms with Crippen molar-refractivity contribution >= 4 is 39.3 Å². The standard InChI is InChI=1S/C18H16BrN3O3S/c1-12-3-2-4-15(9-12)24-10-17-21-22-18(25-17)26-11-16(23)20-14-7-5-13(19)6-8-14/h2-9H,10-11H2,1H3,(H,20,23). The molecule has 0 saturated carbocycles. The minimum Gasteiger partial charge on any atom is -0.484 e. The number of ether oxygens (including phenoxy) is 1. The van der Waals surface area contributed by atoms with Gasteiger partial charge in [-0.1, -0.05) is 39.8 Å². The van der Waals surface area contributed by atoms with Crippen LogP contribution in [0.25, 0.3) is 0 Å². The van der Waals surface area contributed by atoms with Crippen LogP contribution in [0.4, 0.5) is 5.69 Å². The number of nitrogens with zero attached hydrogens (tertiary/aromatic N) is 2. The van der Waals surface area contributed by atoms with Gasteiger partial charge in [-0.15, -0.1) is 10.2 Å². The van der Waals surface area contributed by atoms with Gasteiger partial charge in [-0.3, -0.25) is 4.79 Å². The van der Waals surface area contributed by atoms with Crippen molar-refractivity contribution in [2.45, 2.75) is 18.8 Å². The van der Waals surface area contributed by atoms with Gasteiger partial charge in [-0.25, -0.2) is 0 Å². The Balaban J connectivity index is 1.45. The van der Waals surface area contributed by atoms with E-state index in [1.54, 1.807) is 0 Å². The number of thioether (sulfide) groups is 1. The fourth-order valence-corrected chi connectivity index (χ4v) is 2.91. The predicted molar refractivity (Wildman–Crippen MR) is 103 cm³/mol. The van der Waals surface area contributed by atoms with E-state index in [4.69, 9.17) is 9.15 Å². The minimum atomic E-state index is -0.145. The van der Waals surface area contributed by atoms with E-state index in [2.05, 4.69) is 31.4 Å². The molecule has 0 aliphatic carbocycles. The number of aromatic nitrogens is 2. The normalized spacial score (nSPS) is 10.5. The first-order chi connectivity index (χ1) is 12.6. The lowest BCUT2D eigenvalue weighted by Crippen LogP contribution is -2.13. The number of anilines is 1. The van der Waals surface area contributed by atoms with Gasteiger partial charge in [-0.05, 0) is 48.9 Å². The molecule has 1 aromatic heterocycles. The van der Waals surface area contributed by atoms with Crippen LogP contribution in [0.15, 0.2) is 62.6 Å². The minimum absolute atomic E-state index is 0.145. The van der Waals surface area contributed by atoms with E-state index in [1.807, 2.05) is 55.5 Å². The first-order valence-corrected chi connectivity index (χ1v) is 9.56. The van der Waals surface area contributed by atoms with E-state index in [0.29, 0.717) is 11.1 Å². The summed E-state index contributed by atoms with van der Waals surface area (Å²) in [6.45, 7) is 2.18. The van der Waals surface area contributed by atoms with Gasteiger partial charge in [-0.2, -0.15) is 0 Å². The summed E-state index contributed by atoms with van der Waals surface area (Å²) < 4.78 is 12.0. The van der Waals surface area contributed by atoms with Gasteiger partial charge in [0.2, 0.25) is 5.91 Å². The smallest absolute Gasteiger partial charge is 0.277 e. The second-order valence-corrected chi connectivity index (χ2v) is 7.25. The zero-order chi connectivity index (χ0) is 18.4. The Morgan fingerprint density at radius 3 is 2.81 bits per heavy atom. The van der Waals surface area contributed by atoms with Gasteiger partial charge in [0.25, 0.3) is 11.1 Å². The van der Waals surface area contributed by atoms with Crippen LogP contribution in [0.1, 0.15) is 11.5 Å². The Morgan fingerprint density at radius 1 is 1.23 bits per heavy atom. The number of carbonyl (C=O) groups is 1. The van der Waals surface area contributed by atoms with Crippen LogP contribution >= 0.6 is 27.7 Å². The maximum absolute atomic E-state index is 12.0. The summed E-state index contributed by atoms with van der Waals surface area (Å²) in [5.74, 6) is 1.14. The molecule has 3 aromatic rings. The Labute approximate surface area is 163 Å². The van der Waals surface area contributed by atoms with Gasteiger partial charge in [0.1, 0.15) is 5.75 Å². The lowest BCUT2D eigenvalue weighted by molar-refractivity contribution is -0.113. The van der Waals surface area contributed by atoms with E-state index in [1.165, 1.54) is 11.8 Å². The largest absolute Gasteiger partial charge is 0.484 e. The summed E-state index contributed by atoms with van der Waals surface area (Å²) >= 11 is 4.53. The van der Waals surface area contributed by atoms with Crippen molar-refractivity contribution in [2.75, 3.05) is 11.1 Å². The summed E-state index contributed by atoms with van der Waals surface area (Å²) in [5, 5.41) is 11.0. The Kier molecular flexibility index (Phi) is 6.30. The second-order valence-electron chi connectivity index (χ2n) is 5.41. The molecule has 6 nitrogen and oxygen atoms in total. The Hall–Kier alpha value is -2.32. The van der Waals surface area contributed by atoms with Crippen molar-refractivity contribution < 1.29 is 13.9 Å². The average molecular weight is 434 g/mol. The van der Waals surface area contributed by atoms with E-state index in [0.717, 1.165) is 21.5 Å². The van der Waals surface area contributed by atoms with Crippen molar-refractivity contribution in [2.24, 2.45) is 0 Å². The summed E-state index contributed by atoms with van der Waals surface area (Å²) in [5.41, 5.74) is 1.85. The molecule has 0 spiro atoms. The SMILES string of the molecule is Cc1cccc(OCc2nnc(SCC(=O)Nc3ccc(Br)cc3)o2)c1. The van der Waals surface area contributed by atoms with Crippen LogP contribution < -0.4 is 10.1 Å². The lowest BCUT2D eigenvalue weighted by atomic mass is 10.2. The molecule has 1 amide bonds. The number of hydrogen-bond acceptors (Lipinski definition) is 6. The maximum Gasteiger partial charge on any atom is 0.277 e. The molecule has 26 heavy (non-hydrogen) atoms. The summed E-state index contributed by atoms with van der Waals surface area (Å²) in [6.07, 6.45) is 0. The summed E-state index contributed by atoms with van der Waals surface area (Å²) in [4.78, 5) is 12.0. The molecule has 1 N–H and O–H groups in total. The molecule has 0 fully saturated rings. The van der Waals surface area contributed by atoms with Crippen LogP contribution in [-0.2, 0) is 11.4 Å². The van der Waals surface area contributed by atoms with Gasteiger partial charge < -0.3 is 14.5 Å². The molecule has 1 heterocycles. The molecular weight excluding hydrogens is 418 g/mol. The third-order valence-corrected chi connectivity index (χ3v) is 4.60. The highest BCUT2D eigenvalue weighted by Gasteiger charge is 2.10. The molecule has 0 aliphatic rings. The van der Waals surface area contributed by atoms with E-state index in [-0.39, 0.29) is 18.3 Å². The highest BCUT2D eigenvalue weighted by atomic mass is 79.9. The third-order valence-electron chi connectivity index (χ3n) is 3.25. The number of hydrogen-bond donors (Lipinski definition) is 1. The number of nitrogens with one attached hydrogen (secondary N) is 1. The van der Waals surface area contributed by atoms with E-state index < -0.39 is 0 Å². The van der Waals surface area contributed by atoms with Crippen molar-refractivity contribution in [1.29, 1.82) is 0 Å². The first-order valence-electron chi connectivity index (χ1n) is 7.78. The number of amides is 1. The number of aryl methyl sites for hydroxylation is 1. The molecule has 0 bridgehead atoms. The van der Waals surface area contributed by atoms with Crippen LogP contribution in [0, 0.1) is 6.92 Å². The topological polar surface area (TPSA) is 77.2 Å². The van der Waals surface area contributed by atoms with Crippen molar-refractivity contribution in [3.63, 3.8) is 0 Å². The quantitative estimate of drug-likeness (QED) is 0.554. The summed E-state index contributed by atoms with van der Waals surface area (Å²) in [6, 6.07) is 15.1. The van der Waals surface area contributed by atoms with Gasteiger partial charge in [0.05, 0.1) is 5.75 Å². The van der Waals surface area contributed by atoms with Crippen LogP contribution in [0.5, 0.6) is 5.75 Å². The lowest BCUT2D eigenvalue weighted by Gasteiger charge is -2.04. The number of halogens is 1. The highest BCUT2D eigenvalue weighted by Crippen LogP contribution is 2.19. The number of benzene rings is 2. The maximum atomic E-state index is 12.0. The molecule has 134 valence electrons. The average Bonchev–Trinajstić information content (AvgIpc) is 3.08. The molecule has 0 radical (unpaired) electrons. The fraction of sp³-hybridized carbons (Fsp3) is 0.167. The highest BCUT2D eigenvalue weighted by molar-refractivity contribution is 9.10. The monoisotopic (exact) mass is 433 g/mol. The molecule has 8 heteroatoms. The molecular formula is C18H16BrN3O3S. The Bertz CT molecular complexity index is 883. The van der Waals surface area contributed by atoms with Crippen molar-refractivity contribution in [3.05, 3.63) is 64.5 Å².